The number of benzene rings is 2. The molecule has 0 aliphatic rings. The summed E-state index contributed by atoms with van der Waals surface area (Å²) < 4.78 is 13.7. The maximum atomic E-state index is 13.7. The highest BCUT2D eigenvalue weighted by molar-refractivity contribution is 6.31. The van der Waals surface area contributed by atoms with Crippen molar-refractivity contribution in [1.29, 1.82) is 0 Å². The first-order valence-corrected chi connectivity index (χ1v) is 8.29. The summed E-state index contributed by atoms with van der Waals surface area (Å²) >= 11 is 6.13. The number of aryl methyl sites for hydroxylation is 1. The first-order valence-electron chi connectivity index (χ1n) is 7.92. The van der Waals surface area contributed by atoms with Crippen molar-refractivity contribution in [2.24, 2.45) is 0 Å². The van der Waals surface area contributed by atoms with E-state index in [-0.39, 0.29) is 11.4 Å². The Morgan fingerprint density at radius 1 is 1.12 bits per heavy atom. The lowest BCUT2D eigenvalue weighted by Gasteiger charge is -2.10. The van der Waals surface area contributed by atoms with Gasteiger partial charge in [0.15, 0.2) is 0 Å². The molecule has 26 heavy (non-hydrogen) atoms. The predicted molar refractivity (Wildman–Crippen MR) is 99.9 cm³/mol. The number of nitrogens with one attached hydrogen (secondary N) is 2. The molecule has 3 rings (SSSR count). The summed E-state index contributed by atoms with van der Waals surface area (Å²) in [7, 11) is 0. The van der Waals surface area contributed by atoms with E-state index in [1.54, 1.807) is 25.1 Å². The highest BCUT2D eigenvalue weighted by Crippen LogP contribution is 2.17. The van der Waals surface area contributed by atoms with Crippen LogP contribution in [0.15, 0.2) is 54.6 Å². The van der Waals surface area contributed by atoms with Gasteiger partial charge in [0.25, 0.3) is 5.91 Å². The molecule has 0 spiro atoms. The van der Waals surface area contributed by atoms with E-state index in [1.807, 2.05) is 18.2 Å². The van der Waals surface area contributed by atoms with E-state index in [2.05, 4.69) is 20.6 Å². The fourth-order valence-corrected chi connectivity index (χ4v) is 2.53. The second-order valence-corrected chi connectivity index (χ2v) is 6.00. The maximum Gasteiger partial charge on any atom is 0.274 e. The summed E-state index contributed by atoms with van der Waals surface area (Å²) in [6.07, 6.45) is 0. The van der Waals surface area contributed by atoms with E-state index in [0.717, 1.165) is 5.56 Å². The average Bonchev–Trinajstić information content (AvgIpc) is 2.62. The Balaban J connectivity index is 1.76. The monoisotopic (exact) mass is 370 g/mol. The number of rotatable bonds is 5. The van der Waals surface area contributed by atoms with Gasteiger partial charge in [0.1, 0.15) is 11.5 Å². The fourth-order valence-electron chi connectivity index (χ4n) is 2.33. The highest BCUT2D eigenvalue weighted by Gasteiger charge is 2.13. The van der Waals surface area contributed by atoms with Gasteiger partial charge in [-0.15, -0.1) is 0 Å². The van der Waals surface area contributed by atoms with Crippen LogP contribution in [0.4, 0.5) is 16.0 Å². The first-order chi connectivity index (χ1) is 12.5. The Kier molecular flexibility index (Phi) is 5.43. The molecule has 0 bridgehead atoms. The number of amides is 1. The van der Waals surface area contributed by atoms with Crippen molar-refractivity contribution in [3.63, 3.8) is 0 Å². The molecule has 1 amide bonds. The van der Waals surface area contributed by atoms with Gasteiger partial charge in [0.05, 0.1) is 5.69 Å². The van der Waals surface area contributed by atoms with Crippen molar-refractivity contribution in [2.75, 3.05) is 10.6 Å². The van der Waals surface area contributed by atoms with Crippen LogP contribution in [0.1, 0.15) is 21.7 Å². The van der Waals surface area contributed by atoms with Gasteiger partial charge in [0, 0.05) is 17.3 Å². The van der Waals surface area contributed by atoms with Crippen molar-refractivity contribution in [2.45, 2.75) is 13.5 Å². The van der Waals surface area contributed by atoms with Gasteiger partial charge in [-0.05, 0) is 36.8 Å². The minimum absolute atomic E-state index is 0.0966. The zero-order valence-electron chi connectivity index (χ0n) is 14.0. The average molecular weight is 371 g/mol. The van der Waals surface area contributed by atoms with Gasteiger partial charge >= 0.3 is 0 Å². The summed E-state index contributed by atoms with van der Waals surface area (Å²) in [6, 6.07) is 14.9. The third kappa shape index (κ3) is 4.34. The van der Waals surface area contributed by atoms with Crippen LogP contribution in [0.25, 0.3) is 0 Å². The summed E-state index contributed by atoms with van der Waals surface area (Å²) in [5, 5.41) is 6.19. The summed E-state index contributed by atoms with van der Waals surface area (Å²) in [5.41, 5.74) is 1.73. The molecule has 2 aromatic carbocycles. The topological polar surface area (TPSA) is 66.9 Å². The number of hydrogen-bond acceptors (Lipinski definition) is 4. The van der Waals surface area contributed by atoms with Gasteiger partial charge in [0.2, 0.25) is 5.95 Å². The molecule has 1 heterocycles. The van der Waals surface area contributed by atoms with E-state index < -0.39 is 11.7 Å². The molecule has 0 saturated carbocycles. The van der Waals surface area contributed by atoms with Crippen LogP contribution in [0.2, 0.25) is 5.02 Å². The quantitative estimate of drug-likeness (QED) is 0.696. The molecule has 0 radical (unpaired) electrons. The van der Waals surface area contributed by atoms with Crippen molar-refractivity contribution >= 4 is 29.1 Å². The van der Waals surface area contributed by atoms with Gasteiger partial charge in [-0.2, -0.15) is 0 Å². The molecule has 3 aromatic rings. The van der Waals surface area contributed by atoms with E-state index in [0.29, 0.717) is 23.2 Å². The number of hydrogen-bond donors (Lipinski definition) is 2. The number of carbonyl (C=O) groups excluding carboxylic acids is 1. The van der Waals surface area contributed by atoms with Gasteiger partial charge in [-0.1, -0.05) is 41.9 Å². The highest BCUT2D eigenvalue weighted by atomic mass is 35.5. The Morgan fingerprint density at radius 3 is 2.62 bits per heavy atom. The summed E-state index contributed by atoms with van der Waals surface area (Å²) in [6.45, 7) is 2.17. The number of aromatic nitrogens is 2. The summed E-state index contributed by atoms with van der Waals surface area (Å²) in [5.74, 6) is -0.728. The number of nitrogens with zero attached hydrogens (tertiary/aromatic N) is 2. The second kappa shape index (κ2) is 7.93. The zero-order valence-corrected chi connectivity index (χ0v) is 14.7. The molecular formula is C19H16ClFN4O. The van der Waals surface area contributed by atoms with Crippen LogP contribution in [0, 0.1) is 12.7 Å². The van der Waals surface area contributed by atoms with Crippen LogP contribution in [0.5, 0.6) is 0 Å². The zero-order chi connectivity index (χ0) is 18.5. The van der Waals surface area contributed by atoms with Gasteiger partial charge < -0.3 is 10.6 Å². The van der Waals surface area contributed by atoms with Gasteiger partial charge in [-0.3, -0.25) is 4.79 Å². The largest absolute Gasteiger partial charge is 0.350 e. The van der Waals surface area contributed by atoms with Crippen molar-refractivity contribution in [1.82, 2.24) is 9.97 Å². The lowest BCUT2D eigenvalue weighted by atomic mass is 10.2. The molecule has 0 atom stereocenters. The molecule has 7 heteroatoms. The Morgan fingerprint density at radius 2 is 1.85 bits per heavy atom. The molecule has 0 aliphatic carbocycles. The number of carbonyl (C=O) groups is 1. The summed E-state index contributed by atoms with van der Waals surface area (Å²) in [4.78, 5) is 20.9. The molecule has 1 aromatic heterocycles. The normalized spacial score (nSPS) is 10.4. The van der Waals surface area contributed by atoms with E-state index in [1.165, 1.54) is 18.2 Å². The van der Waals surface area contributed by atoms with Crippen LogP contribution < -0.4 is 10.6 Å². The molecule has 0 fully saturated rings. The van der Waals surface area contributed by atoms with E-state index >= 15 is 0 Å². The molecule has 0 aliphatic heterocycles. The van der Waals surface area contributed by atoms with Crippen molar-refractivity contribution in [3.05, 3.63) is 82.4 Å². The number of anilines is 2. The fraction of sp³-hybridized carbons (Fsp3) is 0.105. The maximum absolute atomic E-state index is 13.7. The van der Waals surface area contributed by atoms with Crippen LogP contribution >= 0.6 is 11.6 Å². The van der Waals surface area contributed by atoms with Crippen LogP contribution in [0.3, 0.4) is 0 Å². The minimum atomic E-state index is -0.513. The third-order valence-corrected chi connectivity index (χ3v) is 3.97. The van der Waals surface area contributed by atoms with Crippen LogP contribution in [-0.2, 0) is 6.54 Å². The Hall–Kier alpha value is -2.99. The number of halogens is 2. The molecular weight excluding hydrogens is 355 g/mol. The van der Waals surface area contributed by atoms with E-state index in [9.17, 15) is 9.18 Å². The standard InChI is InChI=1S/C19H16ClFN4O/c1-12-10-17(18(26)24-16-9-5-4-8-15(16)21)25-19(23-12)22-11-13-6-2-3-7-14(13)20/h2-10H,11H2,1H3,(H,24,26)(H,22,23,25). The van der Waals surface area contributed by atoms with Crippen molar-refractivity contribution in [3.8, 4) is 0 Å². The Bertz CT molecular complexity index is 948. The van der Waals surface area contributed by atoms with Crippen molar-refractivity contribution < 1.29 is 9.18 Å². The Labute approximate surface area is 155 Å². The smallest absolute Gasteiger partial charge is 0.274 e. The SMILES string of the molecule is Cc1cc(C(=O)Nc2ccccc2F)nc(NCc2ccccc2Cl)n1. The molecule has 0 unspecified atom stereocenters. The molecule has 0 saturated heterocycles. The first kappa shape index (κ1) is 17.8. The molecule has 5 nitrogen and oxygen atoms in total. The number of para-hydroxylation sites is 1. The lowest BCUT2D eigenvalue weighted by molar-refractivity contribution is 0.102. The second-order valence-electron chi connectivity index (χ2n) is 5.60. The lowest BCUT2D eigenvalue weighted by Crippen LogP contribution is -2.17. The van der Waals surface area contributed by atoms with Crippen LogP contribution in [-0.4, -0.2) is 15.9 Å². The van der Waals surface area contributed by atoms with Gasteiger partial charge in [-0.25, -0.2) is 14.4 Å². The molecule has 2 N–H and O–H groups in total. The van der Waals surface area contributed by atoms with E-state index in [4.69, 9.17) is 11.6 Å². The molecule has 132 valence electrons. The minimum Gasteiger partial charge on any atom is -0.350 e. The third-order valence-electron chi connectivity index (χ3n) is 3.60. The predicted octanol–water partition coefficient (Wildman–Crippen LogP) is 4.44.